The van der Waals surface area contributed by atoms with E-state index in [0.717, 1.165) is 0 Å². The predicted molar refractivity (Wildman–Crippen MR) is 114 cm³/mol. The smallest absolute Gasteiger partial charge is 0.286 e. The van der Waals surface area contributed by atoms with Gasteiger partial charge in [-0.15, -0.1) is 5.10 Å². The summed E-state index contributed by atoms with van der Waals surface area (Å²) in [5.74, 6) is -1.05. The second-order valence-electron chi connectivity index (χ2n) is 6.64. The van der Waals surface area contributed by atoms with Crippen molar-refractivity contribution in [2.45, 2.75) is 6.92 Å². The number of methoxy groups -OCH3 is 1. The summed E-state index contributed by atoms with van der Waals surface area (Å²) in [5, 5.41) is 10.9. The monoisotopic (exact) mass is 430 g/mol. The van der Waals surface area contributed by atoms with E-state index in [1.807, 2.05) is 30.3 Å². The van der Waals surface area contributed by atoms with Gasteiger partial charge in [0.1, 0.15) is 5.69 Å². The van der Waals surface area contributed by atoms with Crippen molar-refractivity contribution in [2.24, 2.45) is 5.73 Å². The number of amides is 2. The molecule has 0 bridgehead atoms. The van der Waals surface area contributed by atoms with Crippen LogP contribution in [0.3, 0.4) is 0 Å². The maximum Gasteiger partial charge on any atom is 0.286 e. The van der Waals surface area contributed by atoms with Gasteiger partial charge in [0.05, 0.1) is 24.2 Å². The van der Waals surface area contributed by atoms with Gasteiger partial charge in [-0.3, -0.25) is 9.59 Å². The number of anilines is 1. The summed E-state index contributed by atoms with van der Waals surface area (Å²) in [6.45, 7) is 1.70. The zero-order valence-corrected chi connectivity index (χ0v) is 17.2. The molecule has 1 aromatic carbocycles. The number of rotatable bonds is 6. The number of para-hydroxylation sites is 1. The molecular weight excluding hydrogens is 412 g/mol. The van der Waals surface area contributed by atoms with Crippen LogP contribution in [0.25, 0.3) is 16.9 Å². The summed E-state index contributed by atoms with van der Waals surface area (Å²) in [6, 6.07) is 12.5. The van der Waals surface area contributed by atoms with Crippen LogP contribution in [0.15, 0.2) is 54.9 Å². The van der Waals surface area contributed by atoms with Crippen LogP contribution in [0.4, 0.5) is 5.69 Å². The van der Waals surface area contributed by atoms with Crippen molar-refractivity contribution < 1.29 is 14.3 Å². The van der Waals surface area contributed by atoms with Crippen molar-refractivity contribution in [3.63, 3.8) is 0 Å². The molecule has 32 heavy (non-hydrogen) atoms. The molecule has 2 amide bonds. The second kappa shape index (κ2) is 8.60. The number of hydrogen-bond donors (Lipinski definition) is 2. The van der Waals surface area contributed by atoms with Crippen molar-refractivity contribution in [1.82, 2.24) is 29.9 Å². The van der Waals surface area contributed by atoms with Crippen molar-refractivity contribution in [3.05, 3.63) is 72.1 Å². The Bertz CT molecular complexity index is 1290. The highest BCUT2D eigenvalue weighted by atomic mass is 16.5. The number of benzene rings is 1. The van der Waals surface area contributed by atoms with Gasteiger partial charge < -0.3 is 15.8 Å². The lowest BCUT2D eigenvalue weighted by molar-refractivity contribution is 0.0988. The molecule has 3 aromatic heterocycles. The van der Waals surface area contributed by atoms with E-state index in [1.165, 1.54) is 24.2 Å². The molecule has 160 valence electrons. The van der Waals surface area contributed by atoms with E-state index in [2.05, 4.69) is 30.6 Å². The quantitative estimate of drug-likeness (QED) is 0.470. The molecule has 4 rings (SSSR count). The number of carbonyl (C=O) groups excluding carboxylic acids is 2. The first-order chi connectivity index (χ1) is 15.5. The first kappa shape index (κ1) is 20.6. The Kier molecular flexibility index (Phi) is 5.53. The van der Waals surface area contributed by atoms with Gasteiger partial charge in [0.15, 0.2) is 5.69 Å². The number of nitrogens with zero attached hydrogens (tertiary/aromatic N) is 6. The Balaban J connectivity index is 1.62. The third kappa shape index (κ3) is 3.99. The van der Waals surface area contributed by atoms with Gasteiger partial charge in [0, 0.05) is 18.0 Å². The fourth-order valence-electron chi connectivity index (χ4n) is 2.99. The maximum absolute atomic E-state index is 13.1. The molecule has 0 fully saturated rings. The zero-order valence-electron chi connectivity index (χ0n) is 17.2. The molecule has 0 radical (unpaired) electrons. The van der Waals surface area contributed by atoms with Crippen LogP contribution in [-0.4, -0.2) is 48.9 Å². The summed E-state index contributed by atoms with van der Waals surface area (Å²) in [7, 11) is 1.44. The van der Waals surface area contributed by atoms with Gasteiger partial charge in [0.2, 0.25) is 11.7 Å². The number of carbonyl (C=O) groups is 2. The Morgan fingerprint density at radius 1 is 1.06 bits per heavy atom. The van der Waals surface area contributed by atoms with Crippen LogP contribution in [0, 0.1) is 6.92 Å². The third-order valence-electron chi connectivity index (χ3n) is 4.52. The molecule has 3 heterocycles. The molecule has 0 aliphatic carbocycles. The molecule has 0 unspecified atom stereocenters. The topological polar surface area (TPSA) is 151 Å². The Morgan fingerprint density at radius 2 is 1.78 bits per heavy atom. The Morgan fingerprint density at radius 3 is 2.44 bits per heavy atom. The van der Waals surface area contributed by atoms with E-state index in [-0.39, 0.29) is 17.4 Å². The number of nitrogens with one attached hydrogen (secondary N) is 1. The standard InChI is InChI=1S/C21H18N8O3/c1-12-17(29(28-27-12)14-6-4-3-5-7-14)20(31)25-16-9-8-15(26-21(16)32-2)13-10-23-19(18(22)30)24-11-13/h3-11H,1-2H3,(H2,22,30)(H,25,31). The largest absolute Gasteiger partial charge is 0.479 e. The molecule has 0 saturated carbocycles. The first-order valence-electron chi connectivity index (χ1n) is 9.44. The number of pyridine rings is 1. The summed E-state index contributed by atoms with van der Waals surface area (Å²) in [6.07, 6.45) is 2.86. The van der Waals surface area contributed by atoms with Gasteiger partial charge in [0.25, 0.3) is 11.8 Å². The molecule has 0 saturated heterocycles. The highest BCUT2D eigenvalue weighted by molar-refractivity contribution is 6.04. The minimum atomic E-state index is -0.723. The summed E-state index contributed by atoms with van der Waals surface area (Å²) < 4.78 is 6.82. The van der Waals surface area contributed by atoms with Crippen LogP contribution >= 0.6 is 0 Å². The van der Waals surface area contributed by atoms with E-state index in [0.29, 0.717) is 28.3 Å². The van der Waals surface area contributed by atoms with Crippen LogP contribution in [-0.2, 0) is 0 Å². The minimum absolute atomic E-state index is 0.0939. The number of ether oxygens (including phenoxy) is 1. The first-order valence-corrected chi connectivity index (χ1v) is 9.44. The summed E-state index contributed by atoms with van der Waals surface area (Å²) >= 11 is 0. The highest BCUT2D eigenvalue weighted by Gasteiger charge is 2.21. The van der Waals surface area contributed by atoms with Gasteiger partial charge in [-0.2, -0.15) is 0 Å². The number of hydrogen-bond acceptors (Lipinski definition) is 8. The lowest BCUT2D eigenvalue weighted by Crippen LogP contribution is -2.18. The van der Waals surface area contributed by atoms with Crippen LogP contribution in [0.5, 0.6) is 5.88 Å². The van der Waals surface area contributed by atoms with E-state index in [4.69, 9.17) is 10.5 Å². The lowest BCUT2D eigenvalue weighted by Gasteiger charge is -2.12. The Labute approximate surface area is 182 Å². The molecule has 0 spiro atoms. The number of nitrogens with two attached hydrogens (primary N) is 1. The van der Waals surface area contributed by atoms with E-state index >= 15 is 0 Å². The average Bonchev–Trinajstić information content (AvgIpc) is 3.21. The molecule has 0 aliphatic rings. The third-order valence-corrected chi connectivity index (χ3v) is 4.52. The van der Waals surface area contributed by atoms with Crippen molar-refractivity contribution in [1.29, 1.82) is 0 Å². The van der Waals surface area contributed by atoms with Gasteiger partial charge in [-0.25, -0.2) is 19.6 Å². The highest BCUT2D eigenvalue weighted by Crippen LogP contribution is 2.27. The fraction of sp³-hybridized carbons (Fsp3) is 0.0952. The predicted octanol–water partition coefficient (Wildman–Crippen LogP) is 1.79. The molecular formula is C21H18N8O3. The molecule has 3 N–H and O–H groups in total. The average molecular weight is 430 g/mol. The van der Waals surface area contributed by atoms with Crippen LogP contribution < -0.4 is 15.8 Å². The van der Waals surface area contributed by atoms with E-state index in [1.54, 1.807) is 19.1 Å². The fourth-order valence-corrected chi connectivity index (χ4v) is 2.99. The second-order valence-corrected chi connectivity index (χ2v) is 6.64. The Hall–Kier alpha value is -4.67. The minimum Gasteiger partial charge on any atom is -0.479 e. The molecule has 11 heteroatoms. The zero-order chi connectivity index (χ0) is 22.7. The van der Waals surface area contributed by atoms with Crippen molar-refractivity contribution >= 4 is 17.5 Å². The lowest BCUT2D eigenvalue weighted by atomic mass is 10.2. The molecule has 4 aromatic rings. The summed E-state index contributed by atoms with van der Waals surface area (Å²) in [4.78, 5) is 36.4. The molecule has 0 atom stereocenters. The summed E-state index contributed by atoms with van der Waals surface area (Å²) in [5.41, 5.74) is 8.03. The van der Waals surface area contributed by atoms with Gasteiger partial charge >= 0.3 is 0 Å². The van der Waals surface area contributed by atoms with Gasteiger partial charge in [-0.1, -0.05) is 23.4 Å². The SMILES string of the molecule is COc1nc(-c2cnc(C(N)=O)nc2)ccc1NC(=O)c1c(C)nnn1-c1ccccc1. The van der Waals surface area contributed by atoms with E-state index < -0.39 is 11.8 Å². The number of aromatic nitrogens is 6. The van der Waals surface area contributed by atoms with Crippen molar-refractivity contribution in [3.8, 4) is 22.8 Å². The molecule has 11 nitrogen and oxygen atoms in total. The number of aryl methyl sites for hydroxylation is 1. The molecule has 0 aliphatic heterocycles. The van der Waals surface area contributed by atoms with Crippen LogP contribution in [0.1, 0.15) is 26.8 Å². The maximum atomic E-state index is 13.1. The number of primary amides is 1. The normalized spacial score (nSPS) is 10.6. The van der Waals surface area contributed by atoms with Crippen LogP contribution in [0.2, 0.25) is 0 Å². The van der Waals surface area contributed by atoms with Crippen molar-refractivity contribution in [2.75, 3.05) is 12.4 Å². The van der Waals surface area contributed by atoms with Gasteiger partial charge in [-0.05, 0) is 31.2 Å². The van der Waals surface area contributed by atoms with E-state index in [9.17, 15) is 9.59 Å².